The number of hydrogen-bond acceptors (Lipinski definition) is 3. The maximum absolute atomic E-state index is 12.3. The molecule has 1 fully saturated rings. The van der Waals surface area contributed by atoms with E-state index in [4.69, 9.17) is 9.47 Å². The third-order valence-electron chi connectivity index (χ3n) is 3.94. The smallest absolute Gasteiger partial charge is 0.263 e. The van der Waals surface area contributed by atoms with Gasteiger partial charge in [-0.25, -0.2) is 0 Å². The Morgan fingerprint density at radius 2 is 1.75 bits per heavy atom. The molecule has 0 spiro atoms. The van der Waals surface area contributed by atoms with Gasteiger partial charge in [0.15, 0.2) is 6.10 Å². The highest BCUT2D eigenvalue weighted by Gasteiger charge is 2.27. The fourth-order valence-corrected chi connectivity index (χ4v) is 2.67. The summed E-state index contributed by atoms with van der Waals surface area (Å²) >= 11 is 0. The molecule has 1 aliphatic carbocycles. The molecule has 1 aromatic carbocycles. The molecule has 0 heterocycles. The van der Waals surface area contributed by atoms with E-state index in [9.17, 15) is 4.79 Å². The summed E-state index contributed by atoms with van der Waals surface area (Å²) in [6.07, 6.45) is 4.19. The van der Waals surface area contributed by atoms with Crippen molar-refractivity contribution in [2.45, 2.75) is 44.8 Å². The van der Waals surface area contributed by atoms with Crippen LogP contribution in [0, 0.1) is 0 Å². The van der Waals surface area contributed by atoms with E-state index < -0.39 is 6.10 Å². The SMILES string of the molecule is COc1ccc(O[C@H](C)C(=O)N(C)C2CCCC2)cc1. The van der Waals surface area contributed by atoms with E-state index in [1.54, 1.807) is 14.0 Å². The highest BCUT2D eigenvalue weighted by molar-refractivity contribution is 5.81. The van der Waals surface area contributed by atoms with Crippen molar-refractivity contribution in [1.82, 2.24) is 4.90 Å². The van der Waals surface area contributed by atoms with Gasteiger partial charge in [-0.15, -0.1) is 0 Å². The zero-order valence-corrected chi connectivity index (χ0v) is 12.5. The summed E-state index contributed by atoms with van der Waals surface area (Å²) in [7, 11) is 3.50. The molecule has 0 bridgehead atoms. The minimum atomic E-state index is -0.464. The number of likely N-dealkylation sites (N-methyl/N-ethyl adjacent to an activating group) is 1. The second kappa shape index (κ2) is 6.64. The third kappa shape index (κ3) is 3.44. The number of methoxy groups -OCH3 is 1. The number of carbonyl (C=O) groups excluding carboxylic acids is 1. The summed E-state index contributed by atoms with van der Waals surface area (Å²) in [5, 5.41) is 0. The molecule has 0 saturated heterocycles. The van der Waals surface area contributed by atoms with E-state index >= 15 is 0 Å². The van der Waals surface area contributed by atoms with Crippen LogP contribution in [0.4, 0.5) is 0 Å². The van der Waals surface area contributed by atoms with E-state index in [1.807, 2.05) is 36.2 Å². The zero-order chi connectivity index (χ0) is 14.5. The fourth-order valence-electron chi connectivity index (χ4n) is 2.67. The summed E-state index contributed by atoms with van der Waals surface area (Å²) in [6, 6.07) is 7.67. The van der Waals surface area contributed by atoms with Gasteiger partial charge in [0.2, 0.25) is 0 Å². The molecule has 0 unspecified atom stereocenters. The molecule has 1 aromatic rings. The first-order chi connectivity index (χ1) is 9.61. The van der Waals surface area contributed by atoms with Gasteiger partial charge in [-0.05, 0) is 44.0 Å². The first-order valence-electron chi connectivity index (χ1n) is 7.19. The average molecular weight is 277 g/mol. The quantitative estimate of drug-likeness (QED) is 0.830. The molecule has 0 radical (unpaired) electrons. The highest BCUT2D eigenvalue weighted by atomic mass is 16.5. The van der Waals surface area contributed by atoms with E-state index in [2.05, 4.69) is 0 Å². The second-order valence-corrected chi connectivity index (χ2v) is 5.32. The normalized spacial score (nSPS) is 16.8. The molecule has 1 amide bonds. The number of carbonyl (C=O) groups is 1. The van der Waals surface area contributed by atoms with Crippen LogP contribution in [0.25, 0.3) is 0 Å². The number of ether oxygens (including phenoxy) is 2. The summed E-state index contributed by atoms with van der Waals surface area (Å²) in [5.74, 6) is 1.51. The molecule has 1 aliphatic rings. The zero-order valence-electron chi connectivity index (χ0n) is 12.5. The molecule has 20 heavy (non-hydrogen) atoms. The van der Waals surface area contributed by atoms with Gasteiger partial charge in [-0.3, -0.25) is 4.79 Å². The molecule has 1 atom stereocenters. The van der Waals surface area contributed by atoms with Crippen molar-refractivity contribution in [3.8, 4) is 11.5 Å². The van der Waals surface area contributed by atoms with Gasteiger partial charge in [0.05, 0.1) is 7.11 Å². The Labute approximate surface area is 120 Å². The van der Waals surface area contributed by atoms with E-state index in [0.717, 1.165) is 18.6 Å². The Bertz CT molecular complexity index is 438. The van der Waals surface area contributed by atoms with Crippen molar-refractivity contribution in [2.24, 2.45) is 0 Å². The number of amides is 1. The van der Waals surface area contributed by atoms with Gasteiger partial charge >= 0.3 is 0 Å². The maximum atomic E-state index is 12.3. The van der Waals surface area contributed by atoms with Gasteiger partial charge in [-0.2, -0.15) is 0 Å². The number of rotatable bonds is 5. The van der Waals surface area contributed by atoms with E-state index in [0.29, 0.717) is 11.8 Å². The third-order valence-corrected chi connectivity index (χ3v) is 3.94. The number of hydrogen-bond donors (Lipinski definition) is 0. The van der Waals surface area contributed by atoms with E-state index in [-0.39, 0.29) is 5.91 Å². The fraction of sp³-hybridized carbons (Fsp3) is 0.562. The van der Waals surface area contributed by atoms with Crippen molar-refractivity contribution in [2.75, 3.05) is 14.2 Å². The molecular formula is C16H23NO3. The Morgan fingerprint density at radius 1 is 1.20 bits per heavy atom. The van der Waals surface area contributed by atoms with Crippen LogP contribution >= 0.6 is 0 Å². The Balaban J connectivity index is 1.92. The lowest BCUT2D eigenvalue weighted by atomic mass is 10.2. The molecule has 0 aromatic heterocycles. The van der Waals surface area contributed by atoms with E-state index in [1.165, 1.54) is 12.8 Å². The highest BCUT2D eigenvalue weighted by Crippen LogP contribution is 2.24. The van der Waals surface area contributed by atoms with Gasteiger partial charge < -0.3 is 14.4 Å². The lowest BCUT2D eigenvalue weighted by Gasteiger charge is -2.27. The van der Waals surface area contributed by atoms with Crippen LogP contribution in [0.5, 0.6) is 11.5 Å². The van der Waals surface area contributed by atoms with Gasteiger partial charge in [0.1, 0.15) is 11.5 Å². The molecule has 4 nitrogen and oxygen atoms in total. The molecule has 4 heteroatoms. The average Bonchev–Trinajstić information content (AvgIpc) is 3.00. The second-order valence-electron chi connectivity index (χ2n) is 5.32. The molecule has 110 valence electrons. The topological polar surface area (TPSA) is 38.8 Å². The summed E-state index contributed by atoms with van der Waals surface area (Å²) < 4.78 is 10.8. The molecule has 1 saturated carbocycles. The van der Waals surface area contributed by atoms with Crippen molar-refractivity contribution >= 4 is 5.91 Å². The van der Waals surface area contributed by atoms with Gasteiger partial charge in [-0.1, -0.05) is 12.8 Å². The van der Waals surface area contributed by atoms with Gasteiger partial charge in [0.25, 0.3) is 5.91 Å². The largest absolute Gasteiger partial charge is 0.497 e. The Morgan fingerprint density at radius 3 is 2.30 bits per heavy atom. The molecule has 0 N–H and O–H groups in total. The predicted octanol–water partition coefficient (Wildman–Crippen LogP) is 2.86. The van der Waals surface area contributed by atoms with Crippen molar-refractivity contribution in [1.29, 1.82) is 0 Å². The van der Waals surface area contributed by atoms with Crippen LogP contribution < -0.4 is 9.47 Å². The van der Waals surface area contributed by atoms with Crippen LogP contribution in [0.15, 0.2) is 24.3 Å². The van der Waals surface area contributed by atoms with Crippen LogP contribution in [-0.4, -0.2) is 37.1 Å². The van der Waals surface area contributed by atoms with Crippen molar-refractivity contribution in [3.05, 3.63) is 24.3 Å². The first-order valence-corrected chi connectivity index (χ1v) is 7.19. The van der Waals surface area contributed by atoms with Crippen LogP contribution in [-0.2, 0) is 4.79 Å². The van der Waals surface area contributed by atoms with Crippen LogP contribution in [0.2, 0.25) is 0 Å². The number of nitrogens with zero attached hydrogens (tertiary/aromatic N) is 1. The summed E-state index contributed by atoms with van der Waals surface area (Å²) in [4.78, 5) is 14.2. The standard InChI is InChI=1S/C16H23NO3/c1-12(16(18)17(2)13-6-4-5-7-13)20-15-10-8-14(19-3)9-11-15/h8-13H,4-7H2,1-3H3/t12-/m1/s1. The van der Waals surface area contributed by atoms with Crippen LogP contribution in [0.1, 0.15) is 32.6 Å². The van der Waals surface area contributed by atoms with Crippen LogP contribution in [0.3, 0.4) is 0 Å². The number of benzene rings is 1. The summed E-state index contributed by atoms with van der Waals surface area (Å²) in [6.45, 7) is 1.80. The monoisotopic (exact) mass is 277 g/mol. The minimum Gasteiger partial charge on any atom is -0.497 e. The maximum Gasteiger partial charge on any atom is 0.263 e. The summed E-state index contributed by atoms with van der Waals surface area (Å²) in [5.41, 5.74) is 0. The first kappa shape index (κ1) is 14.7. The Kier molecular flexibility index (Phi) is 4.88. The molecule has 2 rings (SSSR count). The molecule has 0 aliphatic heterocycles. The van der Waals surface area contributed by atoms with Gasteiger partial charge in [0, 0.05) is 13.1 Å². The lowest BCUT2D eigenvalue weighted by molar-refractivity contribution is -0.138. The predicted molar refractivity (Wildman–Crippen MR) is 78.1 cm³/mol. The van der Waals surface area contributed by atoms with Crippen molar-refractivity contribution in [3.63, 3.8) is 0 Å². The minimum absolute atomic E-state index is 0.0488. The lowest BCUT2D eigenvalue weighted by Crippen LogP contribution is -2.42. The van der Waals surface area contributed by atoms with Crippen molar-refractivity contribution < 1.29 is 14.3 Å². The Hall–Kier alpha value is -1.71. The molecular weight excluding hydrogens is 254 g/mol.